The van der Waals surface area contributed by atoms with Gasteiger partial charge in [-0.25, -0.2) is 0 Å². The van der Waals surface area contributed by atoms with Crippen LogP contribution in [-0.4, -0.2) is 25.7 Å². The molecule has 4 N–H and O–H groups in total. The van der Waals surface area contributed by atoms with Crippen LogP contribution >= 0.6 is 0 Å². The SMILES string of the molecule is CCOCCCNc1ccc(NC(=O)C(CC)CC)cc1N. The van der Waals surface area contributed by atoms with E-state index in [-0.39, 0.29) is 11.8 Å². The Bertz CT molecular complexity index is 459. The van der Waals surface area contributed by atoms with Crippen molar-refractivity contribution < 1.29 is 9.53 Å². The van der Waals surface area contributed by atoms with Gasteiger partial charge in [0.25, 0.3) is 0 Å². The first-order chi connectivity index (χ1) is 10.6. The molecule has 1 aromatic rings. The lowest BCUT2D eigenvalue weighted by atomic mass is 10.0. The van der Waals surface area contributed by atoms with E-state index in [0.717, 1.165) is 50.4 Å². The van der Waals surface area contributed by atoms with Crippen LogP contribution in [0.2, 0.25) is 0 Å². The van der Waals surface area contributed by atoms with Crippen molar-refractivity contribution in [3.05, 3.63) is 18.2 Å². The number of nitrogens with two attached hydrogens (primary N) is 1. The summed E-state index contributed by atoms with van der Waals surface area (Å²) in [6.45, 7) is 8.33. The van der Waals surface area contributed by atoms with Gasteiger partial charge in [0.05, 0.1) is 11.4 Å². The summed E-state index contributed by atoms with van der Waals surface area (Å²) < 4.78 is 5.29. The van der Waals surface area contributed by atoms with Crippen molar-refractivity contribution >= 4 is 23.0 Å². The van der Waals surface area contributed by atoms with E-state index in [2.05, 4.69) is 10.6 Å². The summed E-state index contributed by atoms with van der Waals surface area (Å²) in [5.41, 5.74) is 8.30. The Balaban J connectivity index is 2.52. The predicted octanol–water partition coefficient (Wildman–Crippen LogP) is 3.48. The number of nitrogen functional groups attached to an aromatic ring is 1. The van der Waals surface area contributed by atoms with Gasteiger partial charge in [0, 0.05) is 31.4 Å². The summed E-state index contributed by atoms with van der Waals surface area (Å²) in [7, 11) is 0. The molecule has 0 saturated heterocycles. The summed E-state index contributed by atoms with van der Waals surface area (Å²) in [5, 5.41) is 6.21. The molecular weight excluding hydrogens is 278 g/mol. The molecule has 0 spiro atoms. The van der Waals surface area contributed by atoms with Crippen molar-refractivity contribution in [2.24, 2.45) is 5.92 Å². The zero-order valence-electron chi connectivity index (χ0n) is 13.9. The fourth-order valence-electron chi connectivity index (χ4n) is 2.25. The van der Waals surface area contributed by atoms with Crippen molar-refractivity contribution in [1.82, 2.24) is 0 Å². The zero-order chi connectivity index (χ0) is 16.4. The molecule has 0 aromatic heterocycles. The van der Waals surface area contributed by atoms with Crippen LogP contribution < -0.4 is 16.4 Å². The third-order valence-corrected chi connectivity index (χ3v) is 3.66. The third-order valence-electron chi connectivity index (χ3n) is 3.66. The van der Waals surface area contributed by atoms with Crippen LogP contribution in [0.4, 0.5) is 17.1 Å². The smallest absolute Gasteiger partial charge is 0.227 e. The monoisotopic (exact) mass is 307 g/mol. The minimum atomic E-state index is 0.0533. The summed E-state index contributed by atoms with van der Waals surface area (Å²) in [6.07, 6.45) is 2.62. The van der Waals surface area contributed by atoms with E-state index in [9.17, 15) is 4.79 Å². The highest BCUT2D eigenvalue weighted by Gasteiger charge is 2.14. The quantitative estimate of drug-likeness (QED) is 0.457. The predicted molar refractivity (Wildman–Crippen MR) is 93.2 cm³/mol. The van der Waals surface area contributed by atoms with E-state index in [1.807, 2.05) is 32.9 Å². The number of carbonyl (C=O) groups excluding carboxylic acids is 1. The maximum absolute atomic E-state index is 12.1. The maximum Gasteiger partial charge on any atom is 0.227 e. The van der Waals surface area contributed by atoms with E-state index >= 15 is 0 Å². The Morgan fingerprint density at radius 3 is 2.59 bits per heavy atom. The first-order valence-corrected chi connectivity index (χ1v) is 8.14. The average Bonchev–Trinajstić information content (AvgIpc) is 2.50. The van der Waals surface area contributed by atoms with Gasteiger partial charge in [-0.05, 0) is 44.4 Å². The molecule has 0 radical (unpaired) electrons. The normalized spacial score (nSPS) is 10.7. The van der Waals surface area contributed by atoms with Crippen LogP contribution in [0, 0.1) is 5.92 Å². The van der Waals surface area contributed by atoms with Crippen molar-refractivity contribution in [2.75, 3.05) is 36.1 Å². The number of amides is 1. The van der Waals surface area contributed by atoms with Gasteiger partial charge in [-0.1, -0.05) is 13.8 Å². The molecule has 1 amide bonds. The summed E-state index contributed by atoms with van der Waals surface area (Å²) >= 11 is 0. The highest BCUT2D eigenvalue weighted by molar-refractivity contribution is 5.93. The Kier molecular flexibility index (Phi) is 8.36. The number of hydrogen-bond donors (Lipinski definition) is 3. The molecule has 5 nitrogen and oxygen atoms in total. The molecule has 0 unspecified atom stereocenters. The average molecular weight is 307 g/mol. The second-order valence-electron chi connectivity index (χ2n) is 5.28. The molecule has 0 bridgehead atoms. The fraction of sp³-hybridized carbons (Fsp3) is 0.588. The van der Waals surface area contributed by atoms with Gasteiger partial charge in [0.1, 0.15) is 0 Å². The molecule has 0 fully saturated rings. The largest absolute Gasteiger partial charge is 0.397 e. The van der Waals surface area contributed by atoms with E-state index in [1.165, 1.54) is 0 Å². The molecule has 124 valence electrons. The molecule has 0 aliphatic heterocycles. The molecule has 0 saturated carbocycles. The standard InChI is InChI=1S/C17H29N3O2/c1-4-13(5-2)17(21)20-14-8-9-16(15(18)12-14)19-10-7-11-22-6-3/h8-9,12-13,19H,4-7,10-11,18H2,1-3H3,(H,20,21). The second-order valence-corrected chi connectivity index (χ2v) is 5.28. The lowest BCUT2D eigenvalue weighted by Gasteiger charge is -2.15. The minimum Gasteiger partial charge on any atom is -0.397 e. The van der Waals surface area contributed by atoms with Crippen molar-refractivity contribution in [1.29, 1.82) is 0 Å². The van der Waals surface area contributed by atoms with E-state index in [1.54, 1.807) is 6.07 Å². The molecule has 0 aliphatic rings. The number of anilines is 3. The summed E-state index contributed by atoms with van der Waals surface area (Å²) in [4.78, 5) is 12.1. The second kappa shape index (κ2) is 10.1. The number of rotatable bonds is 10. The first-order valence-electron chi connectivity index (χ1n) is 8.14. The lowest BCUT2D eigenvalue weighted by Crippen LogP contribution is -2.21. The zero-order valence-corrected chi connectivity index (χ0v) is 13.9. The van der Waals surface area contributed by atoms with E-state index in [4.69, 9.17) is 10.5 Å². The third kappa shape index (κ3) is 5.93. The maximum atomic E-state index is 12.1. The van der Waals surface area contributed by atoms with Gasteiger partial charge in [-0.3, -0.25) is 4.79 Å². The number of benzene rings is 1. The Hall–Kier alpha value is -1.75. The molecule has 5 heteroatoms. The molecule has 1 aromatic carbocycles. The number of carbonyl (C=O) groups is 1. The highest BCUT2D eigenvalue weighted by Crippen LogP contribution is 2.23. The molecule has 1 rings (SSSR count). The van der Waals surface area contributed by atoms with Gasteiger partial charge >= 0.3 is 0 Å². The van der Waals surface area contributed by atoms with Gasteiger partial charge in [0.15, 0.2) is 0 Å². The van der Waals surface area contributed by atoms with Crippen molar-refractivity contribution in [2.45, 2.75) is 40.0 Å². The van der Waals surface area contributed by atoms with Gasteiger partial charge in [-0.15, -0.1) is 0 Å². The number of hydrogen-bond acceptors (Lipinski definition) is 4. The molecule has 0 aliphatic carbocycles. The summed E-state index contributed by atoms with van der Waals surface area (Å²) in [6, 6.07) is 5.57. The van der Waals surface area contributed by atoms with Crippen LogP contribution in [-0.2, 0) is 9.53 Å². The van der Waals surface area contributed by atoms with Crippen LogP contribution in [0.25, 0.3) is 0 Å². The Labute approximate surface area is 133 Å². The fourth-order valence-corrected chi connectivity index (χ4v) is 2.25. The van der Waals surface area contributed by atoms with Crippen LogP contribution in [0.1, 0.15) is 40.0 Å². The molecule has 22 heavy (non-hydrogen) atoms. The van der Waals surface area contributed by atoms with Crippen LogP contribution in [0.15, 0.2) is 18.2 Å². The van der Waals surface area contributed by atoms with Crippen molar-refractivity contribution in [3.63, 3.8) is 0 Å². The Morgan fingerprint density at radius 2 is 2.00 bits per heavy atom. The van der Waals surface area contributed by atoms with Crippen molar-refractivity contribution in [3.8, 4) is 0 Å². The molecule has 0 heterocycles. The van der Waals surface area contributed by atoms with E-state index in [0.29, 0.717) is 5.69 Å². The molecule has 0 atom stereocenters. The molecular formula is C17H29N3O2. The topological polar surface area (TPSA) is 76.4 Å². The minimum absolute atomic E-state index is 0.0533. The van der Waals surface area contributed by atoms with Gasteiger partial charge in [-0.2, -0.15) is 0 Å². The van der Waals surface area contributed by atoms with Gasteiger partial charge < -0.3 is 21.1 Å². The first kappa shape index (κ1) is 18.3. The Morgan fingerprint density at radius 1 is 1.27 bits per heavy atom. The van der Waals surface area contributed by atoms with E-state index < -0.39 is 0 Å². The highest BCUT2D eigenvalue weighted by atomic mass is 16.5. The van der Waals surface area contributed by atoms with Crippen LogP contribution in [0.5, 0.6) is 0 Å². The number of nitrogens with one attached hydrogen (secondary N) is 2. The number of ether oxygens (including phenoxy) is 1. The van der Waals surface area contributed by atoms with Crippen LogP contribution in [0.3, 0.4) is 0 Å². The van der Waals surface area contributed by atoms with Gasteiger partial charge in [0.2, 0.25) is 5.91 Å². The summed E-state index contributed by atoms with van der Waals surface area (Å²) in [5.74, 6) is 0.111. The lowest BCUT2D eigenvalue weighted by molar-refractivity contribution is -0.120.